The lowest BCUT2D eigenvalue weighted by atomic mass is 10.1. The molecule has 29 heavy (non-hydrogen) atoms. The molecule has 0 unspecified atom stereocenters. The van der Waals surface area contributed by atoms with Crippen LogP contribution in [0.4, 0.5) is 0 Å². The lowest BCUT2D eigenvalue weighted by molar-refractivity contribution is 0.291. The second-order valence-corrected chi connectivity index (χ2v) is 7.48. The summed E-state index contributed by atoms with van der Waals surface area (Å²) in [6, 6.07) is 26.1. The molecule has 0 amide bonds. The number of hydrogen-bond acceptors (Lipinski definition) is 5. The Balaban J connectivity index is 1.57. The van der Waals surface area contributed by atoms with Crippen molar-refractivity contribution in [1.29, 1.82) is 0 Å². The molecule has 0 atom stereocenters. The minimum atomic E-state index is 0.434. The van der Waals surface area contributed by atoms with Crippen molar-refractivity contribution < 1.29 is 9.47 Å². The van der Waals surface area contributed by atoms with Gasteiger partial charge in [-0.1, -0.05) is 60.7 Å². The number of benzene rings is 3. The Labute approximate surface area is 174 Å². The molecule has 0 saturated heterocycles. The number of aromatic nitrogens is 1. The van der Waals surface area contributed by atoms with E-state index in [0.717, 1.165) is 38.9 Å². The van der Waals surface area contributed by atoms with Crippen LogP contribution in [0.25, 0.3) is 11.3 Å². The maximum Gasteiger partial charge on any atom is 0.132 e. The first-order valence-electron chi connectivity index (χ1n) is 9.44. The fraction of sp³-hybridized carbons (Fsp3) is 0.125. The van der Waals surface area contributed by atoms with Gasteiger partial charge in [0.1, 0.15) is 29.7 Å². The third kappa shape index (κ3) is 5.02. The van der Waals surface area contributed by atoms with Crippen molar-refractivity contribution in [1.82, 2.24) is 4.98 Å². The lowest BCUT2D eigenvalue weighted by Crippen LogP contribution is -2.00. The molecule has 4 rings (SSSR count). The van der Waals surface area contributed by atoms with Gasteiger partial charge in [-0.2, -0.15) is 0 Å². The second kappa shape index (κ2) is 9.37. The molecule has 0 saturated carbocycles. The van der Waals surface area contributed by atoms with Gasteiger partial charge in [0, 0.05) is 23.6 Å². The molecule has 0 bridgehead atoms. The van der Waals surface area contributed by atoms with E-state index in [4.69, 9.17) is 15.2 Å². The molecule has 0 fully saturated rings. The molecule has 3 aromatic carbocycles. The summed E-state index contributed by atoms with van der Waals surface area (Å²) < 4.78 is 12.2. The fourth-order valence-corrected chi connectivity index (χ4v) is 3.60. The SMILES string of the molecule is NCc1nc(-c2ccc(OCc3ccccc3)cc2OCc2ccccc2)cs1. The van der Waals surface area contributed by atoms with Crippen LogP contribution in [-0.4, -0.2) is 4.98 Å². The van der Waals surface area contributed by atoms with E-state index in [0.29, 0.717) is 19.8 Å². The zero-order chi connectivity index (χ0) is 19.9. The van der Waals surface area contributed by atoms with Gasteiger partial charge in [-0.15, -0.1) is 11.3 Å². The van der Waals surface area contributed by atoms with Gasteiger partial charge in [-0.3, -0.25) is 0 Å². The molecular formula is C24H22N2O2S. The third-order valence-electron chi connectivity index (χ3n) is 4.44. The molecule has 146 valence electrons. The molecule has 4 aromatic rings. The van der Waals surface area contributed by atoms with Crippen LogP contribution in [0.3, 0.4) is 0 Å². The van der Waals surface area contributed by atoms with Gasteiger partial charge in [0.15, 0.2) is 0 Å². The zero-order valence-electron chi connectivity index (χ0n) is 16.0. The minimum absolute atomic E-state index is 0.434. The Morgan fingerprint density at radius 1 is 0.793 bits per heavy atom. The Kier molecular flexibility index (Phi) is 6.19. The van der Waals surface area contributed by atoms with Gasteiger partial charge in [0.25, 0.3) is 0 Å². The summed E-state index contributed by atoms with van der Waals surface area (Å²) in [6.07, 6.45) is 0. The highest BCUT2D eigenvalue weighted by Gasteiger charge is 2.12. The molecule has 5 heteroatoms. The maximum absolute atomic E-state index is 6.17. The summed E-state index contributed by atoms with van der Waals surface area (Å²) in [5.74, 6) is 1.50. The van der Waals surface area contributed by atoms with Crippen LogP contribution in [0.15, 0.2) is 84.2 Å². The molecular weight excluding hydrogens is 380 g/mol. The van der Waals surface area contributed by atoms with E-state index in [1.54, 1.807) is 11.3 Å². The highest BCUT2D eigenvalue weighted by molar-refractivity contribution is 7.09. The van der Waals surface area contributed by atoms with E-state index in [1.165, 1.54) is 0 Å². The summed E-state index contributed by atoms with van der Waals surface area (Å²) >= 11 is 1.56. The van der Waals surface area contributed by atoms with Crippen molar-refractivity contribution in [2.24, 2.45) is 5.73 Å². The van der Waals surface area contributed by atoms with Crippen molar-refractivity contribution in [3.63, 3.8) is 0 Å². The monoisotopic (exact) mass is 402 g/mol. The lowest BCUT2D eigenvalue weighted by Gasteiger charge is -2.13. The number of nitrogens with zero attached hydrogens (tertiary/aromatic N) is 1. The standard InChI is InChI=1S/C24H22N2O2S/c25-14-24-26-22(17-29-24)21-12-11-20(27-15-18-7-3-1-4-8-18)13-23(21)28-16-19-9-5-2-6-10-19/h1-13,17H,14-16,25H2. The van der Waals surface area contributed by atoms with E-state index in [1.807, 2.05) is 84.2 Å². The van der Waals surface area contributed by atoms with E-state index in [9.17, 15) is 0 Å². The number of rotatable bonds is 8. The van der Waals surface area contributed by atoms with Gasteiger partial charge < -0.3 is 15.2 Å². The molecule has 0 radical (unpaired) electrons. The summed E-state index contributed by atoms with van der Waals surface area (Å²) in [5.41, 5.74) is 9.76. The van der Waals surface area contributed by atoms with Crippen molar-refractivity contribution in [2.75, 3.05) is 0 Å². The van der Waals surface area contributed by atoms with Crippen molar-refractivity contribution >= 4 is 11.3 Å². The largest absolute Gasteiger partial charge is 0.489 e. The smallest absolute Gasteiger partial charge is 0.132 e. The Hall–Kier alpha value is -3.15. The predicted octanol–water partition coefficient (Wildman–Crippen LogP) is 5.43. The van der Waals surface area contributed by atoms with E-state index in [-0.39, 0.29) is 0 Å². The van der Waals surface area contributed by atoms with Gasteiger partial charge in [0.2, 0.25) is 0 Å². The highest BCUT2D eigenvalue weighted by atomic mass is 32.1. The first-order chi connectivity index (χ1) is 14.3. The van der Waals surface area contributed by atoms with Gasteiger partial charge >= 0.3 is 0 Å². The average molecular weight is 403 g/mol. The van der Waals surface area contributed by atoms with E-state index >= 15 is 0 Å². The summed E-state index contributed by atoms with van der Waals surface area (Å²) in [7, 11) is 0. The molecule has 2 N–H and O–H groups in total. The molecule has 1 aromatic heterocycles. The number of thiazole rings is 1. The minimum Gasteiger partial charge on any atom is -0.489 e. The normalized spacial score (nSPS) is 10.7. The van der Waals surface area contributed by atoms with Crippen LogP contribution >= 0.6 is 11.3 Å². The molecule has 0 aliphatic carbocycles. The van der Waals surface area contributed by atoms with E-state index < -0.39 is 0 Å². The quantitative estimate of drug-likeness (QED) is 0.427. The summed E-state index contributed by atoms with van der Waals surface area (Å²) in [6.45, 7) is 1.42. The topological polar surface area (TPSA) is 57.4 Å². The highest BCUT2D eigenvalue weighted by Crippen LogP contribution is 2.35. The van der Waals surface area contributed by atoms with Crippen LogP contribution in [0.5, 0.6) is 11.5 Å². The zero-order valence-corrected chi connectivity index (χ0v) is 16.8. The number of hydrogen-bond donors (Lipinski definition) is 1. The second-order valence-electron chi connectivity index (χ2n) is 6.54. The van der Waals surface area contributed by atoms with Crippen LogP contribution in [0.2, 0.25) is 0 Å². The summed E-state index contributed by atoms with van der Waals surface area (Å²) in [4.78, 5) is 4.61. The average Bonchev–Trinajstić information content (AvgIpc) is 3.27. The van der Waals surface area contributed by atoms with Crippen LogP contribution < -0.4 is 15.2 Å². The van der Waals surface area contributed by atoms with Crippen molar-refractivity contribution in [3.8, 4) is 22.8 Å². The molecule has 1 heterocycles. The van der Waals surface area contributed by atoms with Crippen molar-refractivity contribution in [2.45, 2.75) is 19.8 Å². The van der Waals surface area contributed by atoms with E-state index in [2.05, 4.69) is 4.98 Å². The third-order valence-corrected chi connectivity index (χ3v) is 5.31. The van der Waals surface area contributed by atoms with Gasteiger partial charge in [-0.25, -0.2) is 4.98 Å². The fourth-order valence-electron chi connectivity index (χ4n) is 2.93. The summed E-state index contributed by atoms with van der Waals surface area (Å²) in [5, 5.41) is 2.91. The first kappa shape index (κ1) is 19.2. The molecule has 0 spiro atoms. The van der Waals surface area contributed by atoms with Crippen LogP contribution in [0.1, 0.15) is 16.1 Å². The molecule has 0 aliphatic heterocycles. The van der Waals surface area contributed by atoms with Crippen molar-refractivity contribution in [3.05, 3.63) is 100 Å². The maximum atomic E-state index is 6.17. The predicted molar refractivity (Wildman–Crippen MR) is 117 cm³/mol. The number of ether oxygens (including phenoxy) is 2. The van der Waals surface area contributed by atoms with Crippen LogP contribution in [-0.2, 0) is 19.8 Å². The first-order valence-corrected chi connectivity index (χ1v) is 10.3. The van der Waals surface area contributed by atoms with Crippen LogP contribution in [0, 0.1) is 0 Å². The molecule has 4 nitrogen and oxygen atoms in total. The Morgan fingerprint density at radius 2 is 1.45 bits per heavy atom. The van der Waals surface area contributed by atoms with Gasteiger partial charge in [-0.05, 0) is 23.3 Å². The molecule has 0 aliphatic rings. The Morgan fingerprint density at radius 3 is 2.07 bits per heavy atom. The van der Waals surface area contributed by atoms with Gasteiger partial charge in [0.05, 0.1) is 5.69 Å². The Bertz CT molecular complexity index is 1050. The number of nitrogens with two attached hydrogens (primary N) is 1.